The fourth-order valence-electron chi connectivity index (χ4n) is 3.19. The van der Waals surface area contributed by atoms with Crippen LogP contribution in [0, 0.1) is 5.41 Å². The van der Waals surface area contributed by atoms with Gasteiger partial charge in [0.1, 0.15) is 0 Å². The van der Waals surface area contributed by atoms with Gasteiger partial charge < -0.3 is 10.6 Å². The van der Waals surface area contributed by atoms with Gasteiger partial charge in [0.05, 0.1) is 6.54 Å². The number of carbonyl (C=O) groups is 1. The van der Waals surface area contributed by atoms with Crippen LogP contribution in [0.15, 0.2) is 0 Å². The van der Waals surface area contributed by atoms with E-state index in [-0.39, 0.29) is 5.91 Å². The molecular formula is C15H28N2O. The van der Waals surface area contributed by atoms with Crippen LogP contribution < -0.4 is 10.6 Å². The molecule has 0 atom stereocenters. The van der Waals surface area contributed by atoms with Crippen molar-refractivity contribution in [3.8, 4) is 0 Å². The lowest BCUT2D eigenvalue weighted by Crippen LogP contribution is -2.44. The Kier molecular flexibility index (Phi) is 4.66. The molecule has 2 rings (SSSR count). The molecule has 0 aromatic heterocycles. The summed E-state index contributed by atoms with van der Waals surface area (Å²) in [5.41, 5.74) is 0.476. The van der Waals surface area contributed by atoms with Gasteiger partial charge in [-0.2, -0.15) is 0 Å². The van der Waals surface area contributed by atoms with Gasteiger partial charge in [0.2, 0.25) is 5.91 Å². The summed E-state index contributed by atoms with van der Waals surface area (Å²) in [7, 11) is 0. The first-order valence-corrected chi connectivity index (χ1v) is 7.58. The molecule has 2 fully saturated rings. The summed E-state index contributed by atoms with van der Waals surface area (Å²) in [6, 6.07) is 0.997. The molecule has 0 saturated heterocycles. The molecule has 3 nitrogen and oxygen atoms in total. The fraction of sp³-hybridized carbons (Fsp3) is 0.933. The standard InChI is InChI=1S/C15H28N2O/c1-15(2)9-7-13(8-10-15)17-14(18)11-16-12-5-3-4-6-12/h12-13,16H,3-11H2,1-2H3,(H,17,18). The van der Waals surface area contributed by atoms with E-state index in [0.29, 0.717) is 24.0 Å². The van der Waals surface area contributed by atoms with Crippen LogP contribution >= 0.6 is 0 Å². The van der Waals surface area contributed by atoms with E-state index in [9.17, 15) is 4.79 Å². The summed E-state index contributed by atoms with van der Waals surface area (Å²) in [5, 5.41) is 6.55. The summed E-state index contributed by atoms with van der Waals surface area (Å²) >= 11 is 0. The highest BCUT2D eigenvalue weighted by Gasteiger charge is 2.27. The van der Waals surface area contributed by atoms with Gasteiger partial charge in [0.25, 0.3) is 0 Å². The Morgan fingerprint density at radius 3 is 2.28 bits per heavy atom. The molecule has 0 heterocycles. The highest BCUT2D eigenvalue weighted by molar-refractivity contribution is 5.78. The van der Waals surface area contributed by atoms with Crippen LogP contribution in [0.2, 0.25) is 0 Å². The molecule has 0 spiro atoms. The van der Waals surface area contributed by atoms with Crippen molar-refractivity contribution in [3.63, 3.8) is 0 Å². The predicted molar refractivity (Wildman–Crippen MR) is 74.4 cm³/mol. The number of rotatable bonds is 4. The lowest BCUT2D eigenvalue weighted by atomic mass is 9.75. The zero-order valence-corrected chi connectivity index (χ0v) is 11.9. The van der Waals surface area contributed by atoms with Crippen LogP contribution in [-0.4, -0.2) is 24.5 Å². The van der Waals surface area contributed by atoms with Gasteiger partial charge in [-0.25, -0.2) is 0 Å². The smallest absolute Gasteiger partial charge is 0.234 e. The van der Waals surface area contributed by atoms with Gasteiger partial charge >= 0.3 is 0 Å². The number of hydrogen-bond acceptors (Lipinski definition) is 2. The number of nitrogens with one attached hydrogen (secondary N) is 2. The topological polar surface area (TPSA) is 41.1 Å². The van der Waals surface area contributed by atoms with Crippen LogP contribution in [0.3, 0.4) is 0 Å². The van der Waals surface area contributed by atoms with Gasteiger partial charge in [-0.15, -0.1) is 0 Å². The van der Waals surface area contributed by atoms with Crippen molar-refractivity contribution in [2.75, 3.05) is 6.54 Å². The molecule has 2 saturated carbocycles. The first kappa shape index (κ1) is 13.9. The van der Waals surface area contributed by atoms with Crippen molar-refractivity contribution in [1.82, 2.24) is 10.6 Å². The van der Waals surface area contributed by atoms with Gasteiger partial charge in [0.15, 0.2) is 0 Å². The Morgan fingerprint density at radius 2 is 1.67 bits per heavy atom. The van der Waals surface area contributed by atoms with E-state index >= 15 is 0 Å². The number of amides is 1. The molecule has 2 aliphatic carbocycles. The van der Waals surface area contributed by atoms with E-state index in [0.717, 1.165) is 12.8 Å². The third kappa shape index (κ3) is 4.27. The lowest BCUT2D eigenvalue weighted by molar-refractivity contribution is -0.121. The summed E-state index contributed by atoms with van der Waals surface area (Å²) in [4.78, 5) is 11.9. The van der Waals surface area contributed by atoms with E-state index in [4.69, 9.17) is 0 Å². The molecule has 0 aliphatic heterocycles. The minimum atomic E-state index is 0.187. The first-order valence-electron chi connectivity index (χ1n) is 7.58. The molecule has 104 valence electrons. The second kappa shape index (κ2) is 6.05. The van der Waals surface area contributed by atoms with Gasteiger partial charge in [-0.05, 0) is 43.9 Å². The zero-order valence-electron chi connectivity index (χ0n) is 11.9. The maximum absolute atomic E-state index is 11.9. The average Bonchev–Trinajstić information content (AvgIpc) is 2.82. The van der Waals surface area contributed by atoms with Crippen molar-refractivity contribution in [1.29, 1.82) is 0 Å². The minimum absolute atomic E-state index is 0.187. The van der Waals surface area contributed by atoms with Crippen molar-refractivity contribution in [2.45, 2.75) is 77.3 Å². The van der Waals surface area contributed by atoms with Crippen LogP contribution in [-0.2, 0) is 4.79 Å². The molecule has 18 heavy (non-hydrogen) atoms. The molecule has 1 amide bonds. The maximum atomic E-state index is 11.9. The highest BCUT2D eigenvalue weighted by Crippen LogP contribution is 2.34. The summed E-state index contributed by atoms with van der Waals surface area (Å²) < 4.78 is 0. The Balaban J connectivity index is 1.62. The van der Waals surface area contributed by atoms with Crippen molar-refractivity contribution in [3.05, 3.63) is 0 Å². The quantitative estimate of drug-likeness (QED) is 0.807. The lowest BCUT2D eigenvalue weighted by Gasteiger charge is -2.34. The molecule has 0 radical (unpaired) electrons. The average molecular weight is 252 g/mol. The Morgan fingerprint density at radius 1 is 1.06 bits per heavy atom. The molecule has 0 aromatic carbocycles. The van der Waals surface area contributed by atoms with Crippen LogP contribution in [0.4, 0.5) is 0 Å². The second-order valence-electron chi connectivity index (χ2n) is 6.87. The Bertz CT molecular complexity index is 272. The predicted octanol–water partition coefficient (Wildman–Crippen LogP) is 2.60. The second-order valence-corrected chi connectivity index (χ2v) is 6.87. The molecule has 0 unspecified atom stereocenters. The molecule has 2 N–H and O–H groups in total. The molecule has 2 aliphatic rings. The monoisotopic (exact) mass is 252 g/mol. The van der Waals surface area contributed by atoms with E-state index in [1.165, 1.54) is 38.5 Å². The van der Waals surface area contributed by atoms with Crippen LogP contribution in [0.25, 0.3) is 0 Å². The summed E-state index contributed by atoms with van der Waals surface area (Å²) in [6.07, 6.45) is 9.86. The van der Waals surface area contributed by atoms with E-state index in [1.54, 1.807) is 0 Å². The highest BCUT2D eigenvalue weighted by atomic mass is 16.1. The number of carbonyl (C=O) groups excluding carboxylic acids is 1. The van der Waals surface area contributed by atoms with Crippen LogP contribution in [0.1, 0.15) is 65.2 Å². The largest absolute Gasteiger partial charge is 0.352 e. The minimum Gasteiger partial charge on any atom is -0.352 e. The maximum Gasteiger partial charge on any atom is 0.234 e. The Labute approximate surface area is 111 Å². The van der Waals surface area contributed by atoms with Crippen molar-refractivity contribution >= 4 is 5.91 Å². The molecule has 0 bridgehead atoms. The fourth-order valence-corrected chi connectivity index (χ4v) is 3.19. The first-order chi connectivity index (χ1) is 8.55. The van der Waals surface area contributed by atoms with Gasteiger partial charge in [-0.3, -0.25) is 4.79 Å². The van der Waals surface area contributed by atoms with Crippen LogP contribution in [0.5, 0.6) is 0 Å². The summed E-state index contributed by atoms with van der Waals surface area (Å²) in [6.45, 7) is 5.16. The molecule has 0 aromatic rings. The number of hydrogen-bond donors (Lipinski definition) is 2. The summed E-state index contributed by atoms with van der Waals surface area (Å²) in [5.74, 6) is 0.187. The zero-order chi connectivity index (χ0) is 13.0. The van der Waals surface area contributed by atoms with Crippen molar-refractivity contribution < 1.29 is 4.79 Å². The van der Waals surface area contributed by atoms with Gasteiger partial charge in [-0.1, -0.05) is 26.7 Å². The normalized spacial score (nSPS) is 25.2. The molecular weight excluding hydrogens is 224 g/mol. The van der Waals surface area contributed by atoms with Gasteiger partial charge in [0, 0.05) is 12.1 Å². The molecule has 3 heteroatoms. The Hall–Kier alpha value is -0.570. The third-order valence-electron chi connectivity index (χ3n) is 4.61. The van der Waals surface area contributed by atoms with E-state index < -0.39 is 0 Å². The SMILES string of the molecule is CC1(C)CCC(NC(=O)CNC2CCCC2)CC1. The van der Waals surface area contributed by atoms with E-state index in [2.05, 4.69) is 24.5 Å². The van der Waals surface area contributed by atoms with E-state index in [1.807, 2.05) is 0 Å². The van der Waals surface area contributed by atoms with Crippen molar-refractivity contribution in [2.24, 2.45) is 5.41 Å². The third-order valence-corrected chi connectivity index (χ3v) is 4.61.